The molecule has 0 saturated carbocycles. The van der Waals surface area contributed by atoms with Gasteiger partial charge in [-0.15, -0.1) is 0 Å². The van der Waals surface area contributed by atoms with E-state index in [-0.39, 0.29) is 10.9 Å². The maximum Gasteiger partial charge on any atom is 0.253 e. The minimum absolute atomic E-state index is 0.0922. The molecule has 16 heavy (non-hydrogen) atoms. The molecule has 1 aromatic rings. The Kier molecular flexibility index (Phi) is 4.90. The average Bonchev–Trinajstić information content (AvgIpc) is 2.26. The molecular weight excluding hydrogens is 268 g/mol. The quantitative estimate of drug-likeness (QED) is 0.762. The van der Waals surface area contributed by atoms with E-state index < -0.39 is 0 Å². The van der Waals surface area contributed by atoms with Gasteiger partial charge in [0.25, 0.3) is 5.91 Å². The van der Waals surface area contributed by atoms with Crippen LogP contribution in [0.5, 0.6) is 0 Å². The summed E-state index contributed by atoms with van der Waals surface area (Å²) in [6, 6.07) is 3.08. The summed E-state index contributed by atoms with van der Waals surface area (Å²) in [7, 11) is 0. The van der Waals surface area contributed by atoms with Crippen molar-refractivity contribution in [2.75, 3.05) is 13.1 Å². The third kappa shape index (κ3) is 2.82. The number of amides is 1. The van der Waals surface area contributed by atoms with Gasteiger partial charge in [0.15, 0.2) is 0 Å². The van der Waals surface area contributed by atoms with Crippen molar-refractivity contribution in [3.05, 3.63) is 32.8 Å². The minimum atomic E-state index is -0.0922. The van der Waals surface area contributed by atoms with Crippen LogP contribution in [0.25, 0.3) is 0 Å². The van der Waals surface area contributed by atoms with E-state index in [0.29, 0.717) is 28.7 Å². The van der Waals surface area contributed by atoms with Crippen LogP contribution in [0.4, 0.5) is 0 Å². The fourth-order valence-electron chi connectivity index (χ4n) is 1.37. The zero-order valence-electron chi connectivity index (χ0n) is 9.06. The molecule has 0 aliphatic rings. The van der Waals surface area contributed by atoms with Crippen LogP contribution in [0.15, 0.2) is 12.1 Å². The molecule has 5 heteroatoms. The Labute approximate surface area is 110 Å². The number of rotatable bonds is 3. The molecule has 0 heterocycles. The normalized spacial score (nSPS) is 10.3. The monoisotopic (exact) mass is 279 g/mol. The van der Waals surface area contributed by atoms with Crippen LogP contribution in [-0.4, -0.2) is 23.9 Å². The number of carbonyl (C=O) groups is 1. The molecule has 0 fully saturated rings. The topological polar surface area (TPSA) is 20.3 Å². The van der Waals surface area contributed by atoms with Gasteiger partial charge in [0, 0.05) is 18.7 Å². The standard InChI is InChI=1S/C11H12Cl3NO/c1-3-15(4-2)11(16)7-5-8(12)10(14)9(13)6-7/h5-6H,3-4H2,1-2H3. The number of nitrogens with zero attached hydrogens (tertiary/aromatic N) is 1. The first-order valence-corrected chi connectivity index (χ1v) is 6.08. The van der Waals surface area contributed by atoms with E-state index in [4.69, 9.17) is 34.8 Å². The highest BCUT2D eigenvalue weighted by atomic mass is 35.5. The number of carbonyl (C=O) groups excluding carboxylic acids is 1. The van der Waals surface area contributed by atoms with Crippen LogP contribution in [0.3, 0.4) is 0 Å². The molecule has 88 valence electrons. The van der Waals surface area contributed by atoms with Gasteiger partial charge in [-0.2, -0.15) is 0 Å². The Morgan fingerprint density at radius 1 is 1.12 bits per heavy atom. The first kappa shape index (κ1) is 13.6. The van der Waals surface area contributed by atoms with E-state index in [0.717, 1.165) is 0 Å². The van der Waals surface area contributed by atoms with Gasteiger partial charge < -0.3 is 4.90 Å². The molecule has 0 atom stereocenters. The Bertz CT molecular complexity index is 379. The number of hydrogen-bond acceptors (Lipinski definition) is 1. The summed E-state index contributed by atoms with van der Waals surface area (Å²) in [6.45, 7) is 5.13. The lowest BCUT2D eigenvalue weighted by Gasteiger charge is -2.19. The molecule has 2 nitrogen and oxygen atoms in total. The molecule has 0 aromatic heterocycles. The zero-order valence-corrected chi connectivity index (χ0v) is 11.3. The molecule has 0 aliphatic carbocycles. The molecule has 0 spiro atoms. The van der Waals surface area contributed by atoms with Gasteiger partial charge in [0.1, 0.15) is 0 Å². The second-order valence-electron chi connectivity index (χ2n) is 3.23. The van der Waals surface area contributed by atoms with Crippen LogP contribution >= 0.6 is 34.8 Å². The molecule has 1 aromatic carbocycles. The average molecular weight is 281 g/mol. The summed E-state index contributed by atoms with van der Waals surface area (Å²) >= 11 is 17.5. The molecule has 0 bridgehead atoms. The van der Waals surface area contributed by atoms with Gasteiger partial charge in [-0.3, -0.25) is 4.79 Å². The summed E-state index contributed by atoms with van der Waals surface area (Å²) in [4.78, 5) is 13.7. The summed E-state index contributed by atoms with van der Waals surface area (Å²) < 4.78 is 0. The van der Waals surface area contributed by atoms with E-state index in [2.05, 4.69) is 0 Å². The molecule has 0 unspecified atom stereocenters. The maximum absolute atomic E-state index is 12.0. The molecule has 0 saturated heterocycles. The van der Waals surface area contributed by atoms with Crippen molar-refractivity contribution >= 4 is 40.7 Å². The van der Waals surface area contributed by atoms with E-state index >= 15 is 0 Å². The maximum atomic E-state index is 12.0. The summed E-state index contributed by atoms with van der Waals surface area (Å²) in [6.07, 6.45) is 0. The molecule has 0 aliphatic heterocycles. The highest BCUT2D eigenvalue weighted by Gasteiger charge is 2.15. The predicted molar refractivity (Wildman–Crippen MR) is 68.7 cm³/mol. The first-order valence-electron chi connectivity index (χ1n) is 4.95. The van der Waals surface area contributed by atoms with Crippen LogP contribution in [-0.2, 0) is 0 Å². The first-order chi connectivity index (χ1) is 7.51. The Morgan fingerprint density at radius 2 is 1.56 bits per heavy atom. The van der Waals surface area contributed by atoms with Crippen LogP contribution in [0, 0.1) is 0 Å². The van der Waals surface area contributed by atoms with Gasteiger partial charge in [0.2, 0.25) is 0 Å². The van der Waals surface area contributed by atoms with Crippen molar-refractivity contribution in [3.8, 4) is 0 Å². The van der Waals surface area contributed by atoms with Crippen LogP contribution in [0.2, 0.25) is 15.1 Å². The van der Waals surface area contributed by atoms with E-state index in [1.54, 1.807) is 4.90 Å². The largest absolute Gasteiger partial charge is 0.339 e. The highest BCUT2D eigenvalue weighted by molar-refractivity contribution is 6.48. The van der Waals surface area contributed by atoms with Crippen molar-refractivity contribution in [2.24, 2.45) is 0 Å². The van der Waals surface area contributed by atoms with Gasteiger partial charge in [-0.25, -0.2) is 0 Å². The molecule has 1 amide bonds. The Morgan fingerprint density at radius 3 is 1.94 bits per heavy atom. The van der Waals surface area contributed by atoms with Crippen LogP contribution < -0.4 is 0 Å². The summed E-state index contributed by atoms with van der Waals surface area (Å²) in [5, 5.41) is 0.869. The smallest absolute Gasteiger partial charge is 0.253 e. The van der Waals surface area contributed by atoms with E-state index in [1.165, 1.54) is 12.1 Å². The lowest BCUT2D eigenvalue weighted by atomic mass is 10.2. The zero-order chi connectivity index (χ0) is 12.3. The SMILES string of the molecule is CCN(CC)C(=O)c1cc(Cl)c(Cl)c(Cl)c1. The highest BCUT2D eigenvalue weighted by Crippen LogP contribution is 2.31. The molecule has 1 rings (SSSR count). The Balaban J connectivity index is 3.10. The Hall–Kier alpha value is -0.440. The van der Waals surface area contributed by atoms with Gasteiger partial charge in [-0.1, -0.05) is 34.8 Å². The molecule has 0 radical (unpaired) electrons. The van der Waals surface area contributed by atoms with E-state index in [9.17, 15) is 4.79 Å². The molecule has 0 N–H and O–H groups in total. The van der Waals surface area contributed by atoms with Crippen molar-refractivity contribution in [1.82, 2.24) is 4.90 Å². The van der Waals surface area contributed by atoms with Gasteiger partial charge >= 0.3 is 0 Å². The third-order valence-corrected chi connectivity index (χ3v) is 3.48. The van der Waals surface area contributed by atoms with Gasteiger partial charge in [-0.05, 0) is 26.0 Å². The van der Waals surface area contributed by atoms with Crippen molar-refractivity contribution in [2.45, 2.75) is 13.8 Å². The van der Waals surface area contributed by atoms with Gasteiger partial charge in [0.05, 0.1) is 15.1 Å². The lowest BCUT2D eigenvalue weighted by Crippen LogP contribution is -2.30. The lowest BCUT2D eigenvalue weighted by molar-refractivity contribution is 0.0773. The van der Waals surface area contributed by atoms with Crippen LogP contribution in [0.1, 0.15) is 24.2 Å². The second kappa shape index (κ2) is 5.76. The number of hydrogen-bond donors (Lipinski definition) is 0. The summed E-state index contributed by atoms with van der Waals surface area (Å²) in [5.41, 5.74) is 0.461. The van der Waals surface area contributed by atoms with Crippen molar-refractivity contribution in [1.29, 1.82) is 0 Å². The number of benzene rings is 1. The fraction of sp³-hybridized carbons (Fsp3) is 0.364. The minimum Gasteiger partial charge on any atom is -0.339 e. The second-order valence-corrected chi connectivity index (χ2v) is 4.42. The fourth-order valence-corrected chi connectivity index (χ4v) is 1.97. The van der Waals surface area contributed by atoms with Crippen molar-refractivity contribution in [3.63, 3.8) is 0 Å². The van der Waals surface area contributed by atoms with Crippen molar-refractivity contribution < 1.29 is 4.79 Å². The molecular formula is C11H12Cl3NO. The van der Waals surface area contributed by atoms with E-state index in [1.807, 2.05) is 13.8 Å². The predicted octanol–water partition coefficient (Wildman–Crippen LogP) is 4.13. The third-order valence-electron chi connectivity index (χ3n) is 2.28. The summed E-state index contributed by atoms with van der Waals surface area (Å²) in [5.74, 6) is -0.0922. The number of halogens is 3.